The van der Waals surface area contributed by atoms with Gasteiger partial charge < -0.3 is 14.3 Å². The number of H-pyrrole nitrogens is 1. The molecule has 1 N–H and O–H groups in total. The third-order valence-electron chi connectivity index (χ3n) is 5.22. The molecule has 0 aliphatic rings. The fourth-order valence-electron chi connectivity index (χ4n) is 3.69. The van der Waals surface area contributed by atoms with Crippen molar-refractivity contribution in [3.05, 3.63) is 62.2 Å². The van der Waals surface area contributed by atoms with E-state index in [2.05, 4.69) is 9.97 Å². The first-order valence-corrected chi connectivity index (χ1v) is 9.69. The van der Waals surface area contributed by atoms with Gasteiger partial charge in [0.2, 0.25) is 0 Å². The van der Waals surface area contributed by atoms with Crippen LogP contribution in [0.15, 0.2) is 33.9 Å². The smallest absolute Gasteiger partial charge is 0.332 e. The predicted octanol–water partition coefficient (Wildman–Crippen LogP) is 1.38. The highest BCUT2D eigenvalue weighted by molar-refractivity contribution is 5.81. The maximum atomic E-state index is 13.2. The number of imidazole rings is 1. The number of carbonyl (C=O) groups is 1. The second kappa shape index (κ2) is 7.33. The van der Waals surface area contributed by atoms with Crippen molar-refractivity contribution in [1.29, 1.82) is 0 Å². The van der Waals surface area contributed by atoms with Crippen molar-refractivity contribution in [2.75, 3.05) is 6.61 Å². The summed E-state index contributed by atoms with van der Waals surface area (Å²) in [5.74, 6) is -0.0658. The van der Waals surface area contributed by atoms with Crippen molar-refractivity contribution in [2.24, 2.45) is 14.1 Å². The van der Waals surface area contributed by atoms with Crippen molar-refractivity contribution in [1.82, 2.24) is 23.7 Å². The minimum atomic E-state index is -0.469. The highest BCUT2D eigenvalue weighted by Gasteiger charge is 2.20. The topological polar surface area (TPSA) is 104 Å². The summed E-state index contributed by atoms with van der Waals surface area (Å²) < 4.78 is 9.04. The van der Waals surface area contributed by atoms with E-state index in [4.69, 9.17) is 4.74 Å². The third-order valence-corrected chi connectivity index (χ3v) is 5.22. The largest absolute Gasteiger partial charge is 0.466 e. The fraction of sp³-hybridized carbons (Fsp3) is 0.333. The van der Waals surface area contributed by atoms with Crippen LogP contribution in [0.1, 0.15) is 24.0 Å². The molecule has 0 bridgehead atoms. The van der Waals surface area contributed by atoms with Gasteiger partial charge in [-0.3, -0.25) is 18.7 Å². The number of hydrogen-bond donors (Lipinski definition) is 1. The molecule has 30 heavy (non-hydrogen) atoms. The van der Waals surface area contributed by atoms with Crippen LogP contribution in [0.2, 0.25) is 0 Å². The van der Waals surface area contributed by atoms with E-state index in [-0.39, 0.29) is 30.7 Å². The van der Waals surface area contributed by atoms with E-state index < -0.39 is 17.2 Å². The predicted molar refractivity (Wildman–Crippen MR) is 113 cm³/mol. The van der Waals surface area contributed by atoms with Crippen LogP contribution in [0, 0.1) is 6.92 Å². The minimum Gasteiger partial charge on any atom is -0.466 e. The number of ether oxygens (including phenoxy) is 1. The summed E-state index contributed by atoms with van der Waals surface area (Å²) in [6.07, 6.45) is -0.0754. The Morgan fingerprint density at radius 1 is 1.17 bits per heavy atom. The number of nitrogens with zero attached hydrogens (tertiary/aromatic N) is 4. The van der Waals surface area contributed by atoms with Crippen LogP contribution < -0.4 is 11.2 Å². The van der Waals surface area contributed by atoms with Crippen LogP contribution in [0.5, 0.6) is 0 Å². The lowest BCUT2D eigenvalue weighted by Crippen LogP contribution is -2.39. The molecule has 0 amide bonds. The van der Waals surface area contributed by atoms with Crippen LogP contribution in [0.3, 0.4) is 0 Å². The summed E-state index contributed by atoms with van der Waals surface area (Å²) in [5.41, 5.74) is 2.42. The molecule has 0 saturated carbocycles. The number of aromatic nitrogens is 5. The zero-order valence-corrected chi connectivity index (χ0v) is 17.4. The number of rotatable bonds is 5. The Bertz CT molecular complexity index is 1400. The number of nitrogens with one attached hydrogen (secondary N) is 1. The quantitative estimate of drug-likeness (QED) is 0.502. The summed E-state index contributed by atoms with van der Waals surface area (Å²) in [6, 6.07) is 7.96. The normalized spacial score (nSPS) is 11.5. The van der Waals surface area contributed by atoms with Gasteiger partial charge in [0.15, 0.2) is 11.2 Å². The van der Waals surface area contributed by atoms with Crippen molar-refractivity contribution < 1.29 is 9.53 Å². The minimum absolute atomic E-state index is 0.0754. The van der Waals surface area contributed by atoms with Crippen molar-refractivity contribution in [2.45, 2.75) is 26.8 Å². The molecule has 0 fully saturated rings. The van der Waals surface area contributed by atoms with Crippen LogP contribution in [0.25, 0.3) is 22.1 Å². The van der Waals surface area contributed by atoms with E-state index in [0.29, 0.717) is 5.82 Å². The monoisotopic (exact) mass is 409 g/mol. The molecule has 4 aromatic rings. The molecule has 0 aliphatic carbocycles. The highest BCUT2D eigenvalue weighted by Crippen LogP contribution is 2.17. The van der Waals surface area contributed by atoms with Crippen molar-refractivity contribution in [3.63, 3.8) is 0 Å². The Hall–Kier alpha value is -3.62. The van der Waals surface area contributed by atoms with Gasteiger partial charge in [-0.2, -0.15) is 0 Å². The molecule has 0 aliphatic heterocycles. The van der Waals surface area contributed by atoms with E-state index in [1.165, 1.54) is 9.13 Å². The molecule has 9 nitrogen and oxygen atoms in total. The van der Waals surface area contributed by atoms with Gasteiger partial charge in [-0.25, -0.2) is 9.78 Å². The first-order valence-electron chi connectivity index (χ1n) is 9.69. The number of carbonyl (C=O) groups excluding carboxylic acids is 1. The maximum Gasteiger partial charge on any atom is 0.332 e. The van der Waals surface area contributed by atoms with Crippen LogP contribution >= 0.6 is 0 Å². The second-order valence-corrected chi connectivity index (χ2v) is 7.36. The summed E-state index contributed by atoms with van der Waals surface area (Å²) in [4.78, 5) is 45.6. The lowest BCUT2D eigenvalue weighted by atomic mass is 10.2. The molecule has 0 spiro atoms. The van der Waals surface area contributed by atoms with Crippen LogP contribution in [-0.2, 0) is 36.6 Å². The van der Waals surface area contributed by atoms with Gasteiger partial charge in [0.1, 0.15) is 12.2 Å². The van der Waals surface area contributed by atoms with Gasteiger partial charge in [0.25, 0.3) is 5.56 Å². The van der Waals surface area contributed by atoms with Gasteiger partial charge in [-0.05, 0) is 37.4 Å². The summed E-state index contributed by atoms with van der Waals surface area (Å²) in [7, 11) is 3.22. The molecule has 3 aromatic heterocycles. The molecule has 3 heterocycles. The summed E-state index contributed by atoms with van der Waals surface area (Å²) >= 11 is 0. The summed E-state index contributed by atoms with van der Waals surface area (Å²) in [5, 5.41) is 1.02. The number of aryl methyl sites for hydroxylation is 3. The Morgan fingerprint density at radius 2 is 1.93 bits per heavy atom. The van der Waals surface area contributed by atoms with Gasteiger partial charge in [0.05, 0.1) is 13.2 Å². The molecule has 156 valence electrons. The second-order valence-electron chi connectivity index (χ2n) is 7.36. The lowest BCUT2D eigenvalue weighted by molar-refractivity contribution is -0.142. The maximum absolute atomic E-state index is 13.2. The molecule has 4 rings (SSSR count). The van der Waals surface area contributed by atoms with Crippen LogP contribution in [0.4, 0.5) is 0 Å². The molecule has 1 aromatic carbocycles. The standard InChI is InChI=1S/C21H23N5O4/c1-5-30-17(27)10-16-23-19-18(24(16)3)20(28)26(21(29)25(19)4)11-14-9-13-8-12(2)6-7-15(13)22-14/h6-9,22H,5,10-11H2,1-4H3. The highest BCUT2D eigenvalue weighted by atomic mass is 16.5. The molecule has 9 heteroatoms. The Kier molecular flexibility index (Phi) is 4.81. The number of hydrogen-bond acceptors (Lipinski definition) is 5. The van der Waals surface area contributed by atoms with E-state index in [9.17, 15) is 14.4 Å². The number of benzene rings is 1. The average molecular weight is 409 g/mol. The van der Waals surface area contributed by atoms with Crippen LogP contribution in [-0.4, -0.2) is 36.2 Å². The van der Waals surface area contributed by atoms with E-state index in [1.807, 2.05) is 31.2 Å². The molecule has 0 unspecified atom stereocenters. The zero-order valence-electron chi connectivity index (χ0n) is 17.4. The van der Waals surface area contributed by atoms with Gasteiger partial charge in [0, 0.05) is 25.3 Å². The molecule has 0 saturated heterocycles. The SMILES string of the molecule is CCOC(=O)Cc1nc2c(c(=O)n(Cc3cc4cc(C)ccc4[nH]3)c(=O)n2C)n1C. The Balaban J connectivity index is 1.82. The average Bonchev–Trinajstić information content (AvgIpc) is 3.24. The van der Waals surface area contributed by atoms with Gasteiger partial charge in [-0.1, -0.05) is 11.6 Å². The van der Waals surface area contributed by atoms with E-state index in [0.717, 1.165) is 22.2 Å². The number of esters is 1. The number of aromatic amines is 1. The van der Waals surface area contributed by atoms with E-state index in [1.54, 1.807) is 25.6 Å². The fourth-order valence-corrected chi connectivity index (χ4v) is 3.69. The van der Waals surface area contributed by atoms with Crippen molar-refractivity contribution >= 4 is 28.0 Å². The zero-order chi connectivity index (χ0) is 21.6. The third kappa shape index (κ3) is 3.22. The lowest BCUT2D eigenvalue weighted by Gasteiger charge is -2.07. The molecular weight excluding hydrogens is 386 g/mol. The summed E-state index contributed by atoms with van der Waals surface area (Å²) in [6.45, 7) is 4.10. The molecule has 0 radical (unpaired) electrons. The first kappa shape index (κ1) is 19.7. The Morgan fingerprint density at radius 3 is 2.67 bits per heavy atom. The molecule has 0 atom stereocenters. The number of fused-ring (bicyclic) bond motifs is 2. The van der Waals surface area contributed by atoms with Gasteiger partial charge >= 0.3 is 11.7 Å². The van der Waals surface area contributed by atoms with Crippen molar-refractivity contribution in [3.8, 4) is 0 Å². The van der Waals surface area contributed by atoms with Gasteiger partial charge in [-0.15, -0.1) is 0 Å². The molecular formula is C21H23N5O4. The first-order chi connectivity index (χ1) is 14.3. The van der Waals surface area contributed by atoms with E-state index >= 15 is 0 Å². The Labute approximate surface area is 171 Å².